The van der Waals surface area contributed by atoms with Gasteiger partial charge in [0.15, 0.2) is 31.9 Å². The standard InChI is InChI=1S/C12H22B4N4/c13-17-4-1-3-12(20(16)8-7-17)11-9-18(14)5-2-6-19(15)10-11/h11-12H,1-10H2. The van der Waals surface area contributed by atoms with Crippen molar-refractivity contribution in [3.05, 3.63) is 0 Å². The Hall–Kier alpha value is 0.0997. The van der Waals surface area contributed by atoms with E-state index in [9.17, 15) is 0 Å². The van der Waals surface area contributed by atoms with Crippen LogP contribution in [0.3, 0.4) is 0 Å². The van der Waals surface area contributed by atoms with Crippen molar-refractivity contribution in [1.29, 1.82) is 0 Å². The van der Waals surface area contributed by atoms with Crippen LogP contribution in [0.2, 0.25) is 0 Å². The summed E-state index contributed by atoms with van der Waals surface area (Å²) in [6, 6.07) is 0.318. The van der Waals surface area contributed by atoms with Crippen molar-refractivity contribution in [3.63, 3.8) is 0 Å². The number of hydrogen-bond donors (Lipinski definition) is 0. The zero-order valence-corrected chi connectivity index (χ0v) is 12.3. The molecule has 1 unspecified atom stereocenters. The quantitative estimate of drug-likeness (QED) is 0.547. The van der Waals surface area contributed by atoms with E-state index < -0.39 is 0 Å². The van der Waals surface area contributed by atoms with Crippen molar-refractivity contribution in [1.82, 2.24) is 19.2 Å². The second-order valence-corrected chi connectivity index (χ2v) is 6.09. The molecule has 0 aromatic carbocycles. The van der Waals surface area contributed by atoms with Crippen LogP contribution in [0.4, 0.5) is 0 Å². The third-order valence-electron chi connectivity index (χ3n) is 4.39. The minimum absolute atomic E-state index is 0.318. The molecule has 0 aromatic heterocycles. The first-order valence-corrected chi connectivity index (χ1v) is 7.56. The molecule has 2 saturated heterocycles. The van der Waals surface area contributed by atoms with E-state index in [1.165, 1.54) is 0 Å². The van der Waals surface area contributed by atoms with Crippen molar-refractivity contribution in [2.75, 3.05) is 45.8 Å². The summed E-state index contributed by atoms with van der Waals surface area (Å²) in [6.07, 6.45) is 3.11. The molecule has 0 aliphatic carbocycles. The Bertz CT molecular complexity index is 285. The van der Waals surface area contributed by atoms with E-state index in [1.807, 2.05) is 19.2 Å². The summed E-state index contributed by atoms with van der Waals surface area (Å²) in [7, 11) is 24.3. The molecule has 8 heteroatoms. The highest BCUT2D eigenvalue weighted by molar-refractivity contribution is 6.06. The second-order valence-electron chi connectivity index (χ2n) is 6.09. The fourth-order valence-electron chi connectivity index (χ4n) is 3.26. The molecule has 8 radical (unpaired) electrons. The smallest absolute Gasteiger partial charge is 0.182 e. The van der Waals surface area contributed by atoms with Crippen LogP contribution in [-0.4, -0.2) is 103 Å². The Morgan fingerprint density at radius 2 is 1.25 bits per heavy atom. The van der Waals surface area contributed by atoms with Crippen LogP contribution in [-0.2, 0) is 0 Å². The van der Waals surface area contributed by atoms with Gasteiger partial charge >= 0.3 is 0 Å². The molecule has 2 fully saturated rings. The van der Waals surface area contributed by atoms with E-state index in [2.05, 4.69) is 0 Å². The minimum atomic E-state index is 0.318. The lowest BCUT2D eigenvalue weighted by atomic mass is 9.87. The molecule has 0 bridgehead atoms. The topological polar surface area (TPSA) is 13.0 Å². The number of nitrogens with zero attached hydrogens (tertiary/aromatic N) is 4. The van der Waals surface area contributed by atoms with Gasteiger partial charge in [-0.2, -0.15) is 0 Å². The van der Waals surface area contributed by atoms with E-state index >= 15 is 0 Å². The molecule has 0 saturated carbocycles. The lowest BCUT2D eigenvalue weighted by molar-refractivity contribution is 0.143. The highest BCUT2D eigenvalue weighted by Gasteiger charge is 2.28. The van der Waals surface area contributed by atoms with Gasteiger partial charge in [0.2, 0.25) is 0 Å². The third-order valence-corrected chi connectivity index (χ3v) is 4.39. The first-order valence-electron chi connectivity index (χ1n) is 7.56. The highest BCUT2D eigenvalue weighted by atomic mass is 15.2. The molecule has 0 aromatic rings. The average Bonchev–Trinajstić information content (AvgIpc) is 2.36. The first-order chi connectivity index (χ1) is 9.56. The summed E-state index contributed by atoms with van der Waals surface area (Å²) >= 11 is 0. The van der Waals surface area contributed by atoms with Crippen LogP contribution < -0.4 is 0 Å². The number of hydrogen-bond acceptors (Lipinski definition) is 4. The number of rotatable bonds is 1. The Kier molecular flexibility index (Phi) is 6.53. The molecule has 0 spiro atoms. The van der Waals surface area contributed by atoms with E-state index in [0.29, 0.717) is 12.0 Å². The van der Waals surface area contributed by atoms with Gasteiger partial charge in [0.1, 0.15) is 0 Å². The van der Waals surface area contributed by atoms with Gasteiger partial charge in [0.25, 0.3) is 0 Å². The summed E-state index contributed by atoms with van der Waals surface area (Å²) in [5.74, 6) is 0.375. The first kappa shape index (κ1) is 16.5. The van der Waals surface area contributed by atoms with E-state index in [-0.39, 0.29) is 0 Å². The summed E-state index contributed by atoms with van der Waals surface area (Å²) in [5, 5.41) is 0. The largest absolute Gasteiger partial charge is 0.353 e. The molecule has 2 rings (SSSR count). The summed E-state index contributed by atoms with van der Waals surface area (Å²) in [5.41, 5.74) is 0. The van der Waals surface area contributed by atoms with Gasteiger partial charge in [0.05, 0.1) is 0 Å². The van der Waals surface area contributed by atoms with Crippen LogP contribution in [0.15, 0.2) is 0 Å². The van der Waals surface area contributed by atoms with E-state index in [4.69, 9.17) is 31.9 Å². The summed E-state index contributed by atoms with van der Waals surface area (Å²) in [4.78, 5) is 7.62. The molecule has 1 atom stereocenters. The molecular weight excluding hydrogens is 243 g/mol. The summed E-state index contributed by atoms with van der Waals surface area (Å²) in [6.45, 7) is 5.98. The minimum Gasteiger partial charge on any atom is -0.353 e. The summed E-state index contributed by atoms with van der Waals surface area (Å²) < 4.78 is 0. The van der Waals surface area contributed by atoms with Gasteiger partial charge in [-0.15, -0.1) is 0 Å². The van der Waals surface area contributed by atoms with Crippen molar-refractivity contribution >= 4 is 31.9 Å². The van der Waals surface area contributed by atoms with Crippen molar-refractivity contribution in [2.24, 2.45) is 5.92 Å². The lowest BCUT2D eigenvalue weighted by Gasteiger charge is -2.43. The monoisotopic (exact) mass is 266 g/mol. The SMILES string of the molecule is [B]N1CCCC(C2CN([B])CCCN([B])C2)N([B])CC1. The fraction of sp³-hybridized carbons (Fsp3) is 1.00. The van der Waals surface area contributed by atoms with Crippen molar-refractivity contribution < 1.29 is 0 Å². The Balaban J connectivity index is 2.00. The Morgan fingerprint density at radius 1 is 0.650 bits per heavy atom. The Morgan fingerprint density at radius 3 is 1.90 bits per heavy atom. The maximum Gasteiger partial charge on any atom is 0.182 e. The predicted octanol–water partition coefficient (Wildman–Crippen LogP) is -1.29. The molecular formula is C12H22B4N4. The van der Waals surface area contributed by atoms with E-state index in [0.717, 1.165) is 65.1 Å². The van der Waals surface area contributed by atoms with E-state index in [1.54, 1.807) is 0 Å². The molecule has 2 aliphatic heterocycles. The van der Waals surface area contributed by atoms with Crippen LogP contribution in [0.25, 0.3) is 0 Å². The molecule has 20 heavy (non-hydrogen) atoms. The highest BCUT2D eigenvalue weighted by Crippen LogP contribution is 2.20. The zero-order chi connectivity index (χ0) is 14.5. The molecule has 2 heterocycles. The predicted molar refractivity (Wildman–Crippen MR) is 85.6 cm³/mol. The normalized spacial score (nSPS) is 31.3. The molecule has 102 valence electrons. The van der Waals surface area contributed by atoms with Gasteiger partial charge in [-0.25, -0.2) is 0 Å². The van der Waals surface area contributed by atoms with Gasteiger partial charge in [-0.3, -0.25) is 0 Å². The van der Waals surface area contributed by atoms with Crippen LogP contribution in [0.5, 0.6) is 0 Å². The molecule has 2 aliphatic rings. The van der Waals surface area contributed by atoms with Crippen LogP contribution in [0, 0.1) is 5.92 Å². The van der Waals surface area contributed by atoms with Gasteiger partial charge in [-0.1, -0.05) is 0 Å². The van der Waals surface area contributed by atoms with Crippen LogP contribution >= 0.6 is 0 Å². The van der Waals surface area contributed by atoms with Gasteiger partial charge < -0.3 is 19.2 Å². The Labute approximate surface area is 128 Å². The maximum absolute atomic E-state index is 6.25. The maximum atomic E-state index is 6.25. The second kappa shape index (κ2) is 7.92. The van der Waals surface area contributed by atoms with Crippen molar-refractivity contribution in [3.8, 4) is 0 Å². The van der Waals surface area contributed by atoms with Crippen LogP contribution in [0.1, 0.15) is 19.3 Å². The van der Waals surface area contributed by atoms with Gasteiger partial charge in [-0.05, 0) is 71.0 Å². The van der Waals surface area contributed by atoms with Gasteiger partial charge in [0, 0.05) is 6.04 Å². The lowest BCUT2D eigenvalue weighted by Crippen LogP contribution is -2.52. The molecule has 4 nitrogen and oxygen atoms in total. The molecule has 0 N–H and O–H groups in total. The zero-order valence-electron chi connectivity index (χ0n) is 12.3. The van der Waals surface area contributed by atoms with Crippen molar-refractivity contribution in [2.45, 2.75) is 25.3 Å². The average molecular weight is 266 g/mol. The fourth-order valence-corrected chi connectivity index (χ4v) is 3.26. The molecule has 0 amide bonds. The third kappa shape index (κ3) is 4.83.